The quantitative estimate of drug-likeness (QED) is 0.616. The first-order valence-corrected chi connectivity index (χ1v) is 6.46. The molecule has 0 radical (unpaired) electrons. The highest BCUT2D eigenvalue weighted by Gasteiger charge is 2.39. The van der Waals surface area contributed by atoms with Crippen molar-refractivity contribution in [2.75, 3.05) is 0 Å². The van der Waals surface area contributed by atoms with E-state index in [1.807, 2.05) is 0 Å². The average molecular weight is 160 g/mol. The normalized spacial score (nSPS) is 13.8. The Bertz CT molecular complexity index is 100. The molecule has 0 aliphatic heterocycles. The van der Waals surface area contributed by atoms with E-state index in [9.17, 15) is 4.80 Å². The van der Waals surface area contributed by atoms with Gasteiger partial charge < -0.3 is 4.80 Å². The second-order valence-electron chi connectivity index (χ2n) is 3.99. The molecule has 0 amide bonds. The van der Waals surface area contributed by atoms with Gasteiger partial charge in [0, 0.05) is 0 Å². The van der Waals surface area contributed by atoms with E-state index in [-0.39, 0.29) is 5.04 Å². The Kier molecular flexibility index (Phi) is 3.11. The molecular weight excluding hydrogens is 140 g/mol. The van der Waals surface area contributed by atoms with Crippen LogP contribution in [0.25, 0.3) is 0 Å². The molecule has 0 aliphatic carbocycles. The summed E-state index contributed by atoms with van der Waals surface area (Å²) in [4.78, 5) is 10.1. The molecule has 0 spiro atoms. The Labute approximate surface area is 65.6 Å². The molecule has 0 bridgehead atoms. The van der Waals surface area contributed by atoms with Gasteiger partial charge in [0.15, 0.2) is 8.32 Å². The van der Waals surface area contributed by atoms with Crippen LogP contribution < -0.4 is 0 Å². The van der Waals surface area contributed by atoms with Crippen molar-refractivity contribution in [2.24, 2.45) is 0 Å². The molecule has 10 heavy (non-hydrogen) atoms. The molecule has 0 aromatic carbocycles. The van der Waals surface area contributed by atoms with Crippen LogP contribution in [0.3, 0.4) is 0 Å². The van der Waals surface area contributed by atoms with Crippen molar-refractivity contribution in [1.29, 1.82) is 0 Å². The lowest BCUT2D eigenvalue weighted by atomic mass is 10.2. The van der Waals surface area contributed by atoms with Crippen LogP contribution in [0.1, 0.15) is 34.6 Å². The Morgan fingerprint density at radius 1 is 1.10 bits per heavy atom. The van der Waals surface area contributed by atoms with Gasteiger partial charge in [-0.1, -0.05) is 34.6 Å². The molecule has 0 heterocycles. The summed E-state index contributed by atoms with van der Waals surface area (Å²) in [5.74, 6) is 0. The van der Waals surface area contributed by atoms with Crippen LogP contribution >= 0.6 is 0 Å². The van der Waals surface area contributed by atoms with Crippen LogP contribution in [0.5, 0.6) is 0 Å². The van der Waals surface area contributed by atoms with Gasteiger partial charge in [0.2, 0.25) is 0 Å². The molecule has 1 nitrogen and oxygen atoms in total. The number of rotatable bonds is 2. The van der Waals surface area contributed by atoms with E-state index in [1.165, 1.54) is 0 Å². The van der Waals surface area contributed by atoms with Crippen LogP contribution in [-0.4, -0.2) is 13.1 Å². The Morgan fingerprint density at radius 3 is 1.40 bits per heavy atom. The largest absolute Gasteiger partial charge is 0.431 e. The molecule has 0 saturated heterocycles. The van der Waals surface area contributed by atoms with E-state index in [0.717, 1.165) is 12.1 Å². The molecule has 1 N–H and O–H groups in total. The van der Waals surface area contributed by atoms with Gasteiger partial charge in [-0.05, 0) is 17.1 Å². The molecule has 0 unspecified atom stereocenters. The summed E-state index contributed by atoms with van der Waals surface area (Å²) in [6.07, 6.45) is 0. The average Bonchev–Trinajstić information content (AvgIpc) is 1.84. The fourth-order valence-corrected chi connectivity index (χ4v) is 3.93. The summed E-state index contributed by atoms with van der Waals surface area (Å²) in [6, 6.07) is 1.96. The minimum atomic E-state index is -1.90. The third kappa shape index (κ3) is 1.83. The van der Waals surface area contributed by atoms with Crippen molar-refractivity contribution >= 4 is 8.32 Å². The lowest BCUT2D eigenvalue weighted by molar-refractivity contribution is 0.468. The first kappa shape index (κ1) is 10.2. The first-order valence-electron chi connectivity index (χ1n) is 4.09. The van der Waals surface area contributed by atoms with Crippen molar-refractivity contribution in [3.63, 3.8) is 0 Å². The van der Waals surface area contributed by atoms with Gasteiger partial charge in [-0.15, -0.1) is 0 Å². The van der Waals surface area contributed by atoms with E-state index in [1.54, 1.807) is 0 Å². The van der Waals surface area contributed by atoms with Crippen molar-refractivity contribution in [3.8, 4) is 0 Å². The Morgan fingerprint density at radius 2 is 1.40 bits per heavy atom. The van der Waals surface area contributed by atoms with Crippen LogP contribution in [0, 0.1) is 0 Å². The summed E-state index contributed by atoms with van der Waals surface area (Å²) in [5, 5.41) is 0.149. The number of hydrogen-bond acceptors (Lipinski definition) is 1. The van der Waals surface area contributed by atoms with Gasteiger partial charge in [0.1, 0.15) is 0 Å². The fourth-order valence-electron chi connectivity index (χ4n) is 1.31. The van der Waals surface area contributed by atoms with Gasteiger partial charge in [-0.25, -0.2) is 0 Å². The smallest absolute Gasteiger partial charge is 0.193 e. The second kappa shape index (κ2) is 3.05. The van der Waals surface area contributed by atoms with E-state index >= 15 is 0 Å². The zero-order valence-electron chi connectivity index (χ0n) is 7.86. The molecular formula is C8H20OSi. The molecule has 62 valence electrons. The molecule has 0 aromatic rings. The maximum Gasteiger partial charge on any atom is 0.193 e. The van der Waals surface area contributed by atoms with E-state index in [2.05, 4.69) is 34.6 Å². The molecule has 0 atom stereocenters. The van der Waals surface area contributed by atoms with Crippen molar-refractivity contribution in [1.82, 2.24) is 0 Å². The SMILES string of the molecule is CC[Si](O)(CC)C(C)(C)C. The van der Waals surface area contributed by atoms with E-state index < -0.39 is 8.32 Å². The van der Waals surface area contributed by atoms with Crippen LogP contribution in [0.4, 0.5) is 0 Å². The van der Waals surface area contributed by atoms with Gasteiger partial charge in [0.05, 0.1) is 0 Å². The third-order valence-corrected chi connectivity index (χ3v) is 7.70. The van der Waals surface area contributed by atoms with Crippen LogP contribution in [-0.2, 0) is 0 Å². The highest BCUT2D eigenvalue weighted by molar-refractivity contribution is 6.75. The molecule has 0 fully saturated rings. The van der Waals surface area contributed by atoms with E-state index in [4.69, 9.17) is 0 Å². The topological polar surface area (TPSA) is 20.2 Å². The standard InChI is InChI=1S/C8H20OSi/c1-6-10(9,7-2)8(3,4)5/h9H,6-7H2,1-5H3. The predicted octanol–water partition coefficient (Wildman–Crippen LogP) is 2.76. The molecule has 0 aliphatic rings. The van der Waals surface area contributed by atoms with Crippen LogP contribution in [0.2, 0.25) is 17.1 Å². The second-order valence-corrected chi connectivity index (χ2v) is 8.97. The highest BCUT2D eigenvalue weighted by atomic mass is 28.4. The summed E-state index contributed by atoms with van der Waals surface area (Å²) in [6.45, 7) is 10.6. The lowest BCUT2D eigenvalue weighted by Crippen LogP contribution is -2.42. The Balaban J connectivity index is 4.33. The van der Waals surface area contributed by atoms with Gasteiger partial charge in [0.25, 0.3) is 0 Å². The summed E-state index contributed by atoms with van der Waals surface area (Å²) in [5.41, 5.74) is 0. The van der Waals surface area contributed by atoms with Crippen molar-refractivity contribution in [2.45, 2.75) is 51.7 Å². The van der Waals surface area contributed by atoms with Gasteiger partial charge >= 0.3 is 0 Å². The highest BCUT2D eigenvalue weighted by Crippen LogP contribution is 2.38. The fraction of sp³-hybridized carbons (Fsp3) is 1.00. The zero-order valence-corrected chi connectivity index (χ0v) is 8.86. The lowest BCUT2D eigenvalue weighted by Gasteiger charge is -2.36. The summed E-state index contributed by atoms with van der Waals surface area (Å²) >= 11 is 0. The van der Waals surface area contributed by atoms with Gasteiger partial charge in [-0.2, -0.15) is 0 Å². The zero-order chi connectivity index (χ0) is 8.41. The third-order valence-electron chi connectivity index (χ3n) is 2.57. The van der Waals surface area contributed by atoms with Crippen LogP contribution in [0.15, 0.2) is 0 Å². The van der Waals surface area contributed by atoms with Crippen molar-refractivity contribution in [3.05, 3.63) is 0 Å². The molecule has 0 saturated carbocycles. The maximum absolute atomic E-state index is 10.1. The minimum absolute atomic E-state index is 0.149. The molecule has 0 aromatic heterocycles. The maximum atomic E-state index is 10.1. The summed E-state index contributed by atoms with van der Waals surface area (Å²) < 4.78 is 0. The first-order chi connectivity index (χ1) is 4.37. The predicted molar refractivity (Wildman–Crippen MR) is 48.6 cm³/mol. The van der Waals surface area contributed by atoms with Crippen molar-refractivity contribution < 1.29 is 4.80 Å². The van der Waals surface area contributed by atoms with E-state index in [0.29, 0.717) is 0 Å². The minimum Gasteiger partial charge on any atom is -0.431 e. The monoisotopic (exact) mass is 160 g/mol. The number of hydrogen-bond donors (Lipinski definition) is 1. The van der Waals surface area contributed by atoms with Gasteiger partial charge in [-0.3, -0.25) is 0 Å². The Hall–Kier alpha value is 0.177. The molecule has 2 heteroatoms. The summed E-state index contributed by atoms with van der Waals surface area (Å²) in [7, 11) is -1.90. The molecule has 0 rings (SSSR count).